The molecule has 1 aromatic carbocycles. The largest absolute Gasteiger partial charge is 0.382 e. The first-order valence-electron chi connectivity index (χ1n) is 8.71. The number of rotatable bonds is 6. The van der Waals surface area contributed by atoms with Crippen molar-refractivity contribution in [3.63, 3.8) is 0 Å². The Morgan fingerprint density at radius 1 is 1.35 bits per heavy atom. The topological polar surface area (TPSA) is 89.0 Å². The van der Waals surface area contributed by atoms with Crippen LogP contribution in [0.1, 0.15) is 31.7 Å². The smallest absolute Gasteiger partial charge is 0.264 e. The first-order valence-corrected chi connectivity index (χ1v) is 9.09. The number of carbonyl (C=O) groups excluding carboxylic acids is 2. The molecular weight excluding hydrogens is 358 g/mol. The van der Waals surface area contributed by atoms with Gasteiger partial charge in [-0.3, -0.25) is 9.59 Å². The van der Waals surface area contributed by atoms with Gasteiger partial charge >= 0.3 is 0 Å². The standard InChI is InChI=1S/C18H22ClN3O4/c1-11(17(23)20-10-14-3-2-8-25-14)21-18(24)16-9-15(22-26-16)12-4-6-13(19)7-5-12/h4-7,11,14,16H,2-3,8-10H2,1H3,(H,20,23)(H,21,24)/t11-,14-,16-/m0/s1. The van der Waals surface area contributed by atoms with Crippen LogP contribution in [0.5, 0.6) is 0 Å². The maximum Gasteiger partial charge on any atom is 0.264 e. The molecule has 2 aliphatic heterocycles. The summed E-state index contributed by atoms with van der Waals surface area (Å²) in [5.74, 6) is -0.608. The van der Waals surface area contributed by atoms with E-state index in [1.807, 2.05) is 12.1 Å². The molecule has 0 aliphatic carbocycles. The number of amides is 2. The normalized spacial score (nSPS) is 23.1. The molecule has 26 heavy (non-hydrogen) atoms. The first kappa shape index (κ1) is 18.7. The SMILES string of the molecule is C[C@H](NC(=O)[C@@H]1CC(c2ccc(Cl)cc2)=NO1)C(=O)NC[C@@H]1CCCO1. The third-order valence-corrected chi connectivity index (χ3v) is 4.67. The molecule has 2 amide bonds. The molecule has 0 bridgehead atoms. The Bertz CT molecular complexity index is 686. The van der Waals surface area contributed by atoms with E-state index in [0.29, 0.717) is 23.7 Å². The zero-order chi connectivity index (χ0) is 18.5. The van der Waals surface area contributed by atoms with Crippen LogP contribution in [0.25, 0.3) is 0 Å². The van der Waals surface area contributed by atoms with Crippen molar-refractivity contribution in [3.05, 3.63) is 34.9 Å². The Morgan fingerprint density at radius 3 is 2.81 bits per heavy atom. The van der Waals surface area contributed by atoms with E-state index in [1.165, 1.54) is 0 Å². The van der Waals surface area contributed by atoms with E-state index in [4.69, 9.17) is 21.2 Å². The van der Waals surface area contributed by atoms with Gasteiger partial charge in [-0.2, -0.15) is 0 Å². The summed E-state index contributed by atoms with van der Waals surface area (Å²) in [4.78, 5) is 29.6. The zero-order valence-electron chi connectivity index (χ0n) is 14.5. The summed E-state index contributed by atoms with van der Waals surface area (Å²) in [6.07, 6.45) is 1.63. The lowest BCUT2D eigenvalue weighted by Crippen LogP contribution is -2.49. The summed E-state index contributed by atoms with van der Waals surface area (Å²) < 4.78 is 5.46. The van der Waals surface area contributed by atoms with Crippen LogP contribution in [0, 0.1) is 0 Å². The summed E-state index contributed by atoms with van der Waals surface area (Å²) in [6, 6.07) is 6.51. The zero-order valence-corrected chi connectivity index (χ0v) is 15.3. The highest BCUT2D eigenvalue weighted by Gasteiger charge is 2.30. The Kier molecular flexibility index (Phi) is 6.11. The molecule has 2 N–H and O–H groups in total. The van der Waals surface area contributed by atoms with Crippen molar-refractivity contribution < 1.29 is 19.2 Å². The summed E-state index contributed by atoms with van der Waals surface area (Å²) in [6.45, 7) is 2.84. The minimum atomic E-state index is -0.742. The second-order valence-corrected chi connectivity index (χ2v) is 6.89. The molecule has 0 aromatic heterocycles. The number of benzene rings is 1. The lowest BCUT2D eigenvalue weighted by molar-refractivity contribution is -0.135. The van der Waals surface area contributed by atoms with Gasteiger partial charge in [0.25, 0.3) is 5.91 Å². The minimum Gasteiger partial charge on any atom is -0.382 e. The molecule has 1 aromatic rings. The van der Waals surface area contributed by atoms with Gasteiger partial charge in [0.15, 0.2) is 0 Å². The van der Waals surface area contributed by atoms with Gasteiger partial charge in [-0.15, -0.1) is 0 Å². The molecule has 0 radical (unpaired) electrons. The molecule has 2 aliphatic rings. The molecule has 1 fully saturated rings. The summed E-state index contributed by atoms with van der Waals surface area (Å²) in [5, 5.41) is 10.1. The second-order valence-electron chi connectivity index (χ2n) is 6.45. The Labute approximate surface area is 157 Å². The quantitative estimate of drug-likeness (QED) is 0.786. The van der Waals surface area contributed by atoms with Crippen LogP contribution in [0.4, 0.5) is 0 Å². The maximum absolute atomic E-state index is 12.3. The number of carbonyl (C=O) groups is 2. The van der Waals surface area contributed by atoms with Crippen molar-refractivity contribution in [3.8, 4) is 0 Å². The second kappa shape index (κ2) is 8.51. The monoisotopic (exact) mass is 379 g/mol. The van der Waals surface area contributed by atoms with Crippen LogP contribution in [-0.4, -0.2) is 48.9 Å². The maximum atomic E-state index is 12.3. The molecule has 8 heteroatoms. The van der Waals surface area contributed by atoms with Gasteiger partial charge in [-0.05, 0) is 37.5 Å². The Morgan fingerprint density at radius 2 is 2.12 bits per heavy atom. The summed E-state index contributed by atoms with van der Waals surface area (Å²) >= 11 is 5.87. The van der Waals surface area contributed by atoms with Crippen LogP contribution in [0.3, 0.4) is 0 Å². The number of hydrogen-bond donors (Lipinski definition) is 2. The summed E-state index contributed by atoms with van der Waals surface area (Å²) in [5.41, 5.74) is 1.53. The third-order valence-electron chi connectivity index (χ3n) is 4.42. The van der Waals surface area contributed by atoms with Crippen molar-refractivity contribution in [2.75, 3.05) is 13.2 Å². The fourth-order valence-electron chi connectivity index (χ4n) is 2.88. The Balaban J connectivity index is 1.44. The van der Waals surface area contributed by atoms with Gasteiger partial charge in [0.05, 0.1) is 11.8 Å². The van der Waals surface area contributed by atoms with E-state index in [0.717, 1.165) is 25.0 Å². The van der Waals surface area contributed by atoms with Crippen LogP contribution in [0.2, 0.25) is 5.02 Å². The molecule has 0 unspecified atom stereocenters. The number of nitrogens with one attached hydrogen (secondary N) is 2. The molecule has 1 saturated heterocycles. The Hall–Kier alpha value is -2.12. The lowest BCUT2D eigenvalue weighted by atomic mass is 10.0. The molecule has 3 rings (SSSR count). The highest BCUT2D eigenvalue weighted by molar-refractivity contribution is 6.30. The van der Waals surface area contributed by atoms with Crippen LogP contribution < -0.4 is 10.6 Å². The molecule has 3 atom stereocenters. The van der Waals surface area contributed by atoms with Gasteiger partial charge < -0.3 is 20.2 Å². The number of hydrogen-bond acceptors (Lipinski definition) is 5. The number of oxime groups is 1. The van der Waals surface area contributed by atoms with Gasteiger partial charge in [-0.1, -0.05) is 28.9 Å². The molecule has 2 heterocycles. The van der Waals surface area contributed by atoms with Gasteiger partial charge in [0, 0.05) is 24.6 Å². The average molecular weight is 380 g/mol. The van der Waals surface area contributed by atoms with Crippen molar-refractivity contribution in [2.24, 2.45) is 5.16 Å². The van der Waals surface area contributed by atoms with Crippen LogP contribution in [-0.2, 0) is 19.2 Å². The average Bonchev–Trinajstić information content (AvgIpc) is 3.32. The highest BCUT2D eigenvalue weighted by Crippen LogP contribution is 2.19. The van der Waals surface area contributed by atoms with Crippen molar-refractivity contribution in [1.82, 2.24) is 10.6 Å². The number of nitrogens with zero attached hydrogens (tertiary/aromatic N) is 1. The fraction of sp³-hybridized carbons (Fsp3) is 0.500. The highest BCUT2D eigenvalue weighted by atomic mass is 35.5. The van der Waals surface area contributed by atoms with E-state index in [1.54, 1.807) is 19.1 Å². The number of ether oxygens (including phenoxy) is 1. The van der Waals surface area contributed by atoms with E-state index in [2.05, 4.69) is 15.8 Å². The van der Waals surface area contributed by atoms with E-state index in [9.17, 15) is 9.59 Å². The number of halogens is 1. The van der Waals surface area contributed by atoms with Crippen molar-refractivity contribution in [1.29, 1.82) is 0 Å². The van der Waals surface area contributed by atoms with E-state index in [-0.39, 0.29) is 17.9 Å². The predicted octanol–water partition coefficient (Wildman–Crippen LogP) is 1.63. The molecule has 140 valence electrons. The van der Waals surface area contributed by atoms with Gasteiger partial charge in [-0.25, -0.2) is 0 Å². The molecule has 0 saturated carbocycles. The predicted molar refractivity (Wildman–Crippen MR) is 97.1 cm³/mol. The van der Waals surface area contributed by atoms with E-state index >= 15 is 0 Å². The molecule has 7 nitrogen and oxygen atoms in total. The molecule has 0 spiro atoms. The third kappa shape index (κ3) is 4.74. The van der Waals surface area contributed by atoms with Crippen molar-refractivity contribution in [2.45, 2.75) is 44.4 Å². The van der Waals surface area contributed by atoms with E-state index < -0.39 is 12.1 Å². The minimum absolute atomic E-state index is 0.0651. The van der Waals surface area contributed by atoms with Crippen LogP contribution in [0.15, 0.2) is 29.4 Å². The van der Waals surface area contributed by atoms with Gasteiger partial charge in [0.1, 0.15) is 6.04 Å². The summed E-state index contributed by atoms with van der Waals surface area (Å²) in [7, 11) is 0. The lowest BCUT2D eigenvalue weighted by Gasteiger charge is -2.17. The first-order chi connectivity index (χ1) is 12.5. The van der Waals surface area contributed by atoms with Crippen molar-refractivity contribution >= 4 is 29.1 Å². The van der Waals surface area contributed by atoms with Crippen LogP contribution >= 0.6 is 11.6 Å². The van der Waals surface area contributed by atoms with Gasteiger partial charge in [0.2, 0.25) is 12.0 Å². The fourth-order valence-corrected chi connectivity index (χ4v) is 3.00. The molecular formula is C18H22ClN3O4.